The van der Waals surface area contributed by atoms with Gasteiger partial charge in [-0.3, -0.25) is 0 Å². The highest BCUT2D eigenvalue weighted by Crippen LogP contribution is 2.33. The minimum atomic E-state index is -4.52. The number of hydrogen-bond acceptors (Lipinski definition) is 2. The van der Waals surface area contributed by atoms with Crippen LogP contribution in [0.5, 0.6) is 0 Å². The van der Waals surface area contributed by atoms with E-state index in [-0.39, 0.29) is 11.2 Å². The standard InChI is InChI=1S/C13H12F4N2/c1-2-5-18-11-7-12(13(15,16)17)19-10-4-3-8(14)6-9(10)11/h3-4,6-7H,2,5H2,1H3,(H,18,19). The second kappa shape index (κ2) is 5.03. The van der Waals surface area contributed by atoms with Gasteiger partial charge in [0, 0.05) is 17.6 Å². The van der Waals surface area contributed by atoms with Crippen molar-refractivity contribution >= 4 is 16.6 Å². The van der Waals surface area contributed by atoms with Gasteiger partial charge in [0.15, 0.2) is 0 Å². The lowest BCUT2D eigenvalue weighted by Gasteiger charge is -2.13. The lowest BCUT2D eigenvalue weighted by atomic mass is 10.1. The summed E-state index contributed by atoms with van der Waals surface area (Å²) in [5.41, 5.74) is -0.612. The van der Waals surface area contributed by atoms with Gasteiger partial charge in [-0.1, -0.05) is 6.92 Å². The average molecular weight is 272 g/mol. The molecule has 0 fully saturated rings. The molecule has 0 spiro atoms. The molecular weight excluding hydrogens is 260 g/mol. The van der Waals surface area contributed by atoms with Crippen LogP contribution in [0, 0.1) is 5.82 Å². The van der Waals surface area contributed by atoms with Crippen LogP contribution in [0.4, 0.5) is 23.2 Å². The van der Waals surface area contributed by atoms with E-state index in [0.29, 0.717) is 11.9 Å². The predicted octanol–water partition coefficient (Wildman–Crippen LogP) is 4.21. The number of hydrogen-bond donors (Lipinski definition) is 1. The number of nitrogens with zero attached hydrogens (tertiary/aromatic N) is 1. The van der Waals surface area contributed by atoms with E-state index in [1.54, 1.807) is 0 Å². The fraction of sp³-hybridized carbons (Fsp3) is 0.308. The molecular formula is C13H12F4N2. The van der Waals surface area contributed by atoms with Gasteiger partial charge in [-0.2, -0.15) is 13.2 Å². The second-order valence-electron chi connectivity index (χ2n) is 4.14. The molecule has 1 N–H and O–H groups in total. The van der Waals surface area contributed by atoms with E-state index in [1.807, 2.05) is 6.92 Å². The molecule has 19 heavy (non-hydrogen) atoms. The highest BCUT2D eigenvalue weighted by molar-refractivity contribution is 5.91. The van der Waals surface area contributed by atoms with Crippen LogP contribution in [0.1, 0.15) is 19.0 Å². The smallest absolute Gasteiger partial charge is 0.384 e. The zero-order chi connectivity index (χ0) is 14.0. The number of pyridine rings is 1. The van der Waals surface area contributed by atoms with Crippen molar-refractivity contribution in [1.82, 2.24) is 4.98 Å². The molecule has 0 saturated carbocycles. The fourth-order valence-corrected chi connectivity index (χ4v) is 1.75. The maximum atomic E-state index is 13.2. The SMILES string of the molecule is CCCNc1cc(C(F)(F)F)nc2ccc(F)cc12. The molecule has 0 amide bonds. The first-order valence-corrected chi connectivity index (χ1v) is 5.83. The molecule has 0 aliphatic carbocycles. The van der Waals surface area contributed by atoms with Gasteiger partial charge in [-0.15, -0.1) is 0 Å². The largest absolute Gasteiger partial charge is 0.433 e. The van der Waals surface area contributed by atoms with Gasteiger partial charge in [-0.05, 0) is 30.7 Å². The Bertz CT molecular complexity index is 593. The van der Waals surface area contributed by atoms with E-state index in [2.05, 4.69) is 10.3 Å². The van der Waals surface area contributed by atoms with Gasteiger partial charge >= 0.3 is 6.18 Å². The first kappa shape index (κ1) is 13.6. The third-order valence-corrected chi connectivity index (χ3v) is 2.63. The quantitative estimate of drug-likeness (QED) is 0.846. The summed E-state index contributed by atoms with van der Waals surface area (Å²) in [6, 6.07) is 4.44. The summed E-state index contributed by atoms with van der Waals surface area (Å²) in [4.78, 5) is 3.52. The minimum absolute atomic E-state index is 0.120. The van der Waals surface area contributed by atoms with Gasteiger partial charge in [0.1, 0.15) is 11.5 Å². The molecule has 0 unspecified atom stereocenters. The Morgan fingerprint density at radius 1 is 1.21 bits per heavy atom. The van der Waals surface area contributed by atoms with Crippen molar-refractivity contribution in [3.05, 3.63) is 35.8 Å². The molecule has 0 atom stereocenters. The lowest BCUT2D eigenvalue weighted by Crippen LogP contribution is -2.10. The van der Waals surface area contributed by atoms with Crippen molar-refractivity contribution < 1.29 is 17.6 Å². The van der Waals surface area contributed by atoms with Crippen LogP contribution < -0.4 is 5.32 Å². The van der Waals surface area contributed by atoms with Crippen LogP contribution in [-0.4, -0.2) is 11.5 Å². The van der Waals surface area contributed by atoms with Gasteiger partial charge in [0.05, 0.1) is 5.52 Å². The van der Waals surface area contributed by atoms with Crippen molar-refractivity contribution in [2.45, 2.75) is 19.5 Å². The third kappa shape index (κ3) is 2.94. The molecule has 1 aromatic heterocycles. The van der Waals surface area contributed by atoms with Crippen LogP contribution in [0.15, 0.2) is 24.3 Å². The molecule has 0 saturated heterocycles. The van der Waals surface area contributed by atoms with E-state index >= 15 is 0 Å². The van der Waals surface area contributed by atoms with E-state index in [4.69, 9.17) is 0 Å². The Morgan fingerprint density at radius 2 is 1.95 bits per heavy atom. The number of rotatable bonds is 3. The maximum absolute atomic E-state index is 13.2. The molecule has 1 heterocycles. The normalized spacial score (nSPS) is 11.8. The molecule has 0 aliphatic heterocycles. The Balaban J connectivity index is 2.62. The van der Waals surface area contributed by atoms with Crippen molar-refractivity contribution in [1.29, 1.82) is 0 Å². The number of fused-ring (bicyclic) bond motifs is 1. The molecule has 2 nitrogen and oxygen atoms in total. The average Bonchev–Trinajstić information content (AvgIpc) is 2.34. The zero-order valence-electron chi connectivity index (χ0n) is 10.2. The second-order valence-corrected chi connectivity index (χ2v) is 4.14. The molecule has 0 bridgehead atoms. The molecule has 1 aromatic carbocycles. The fourth-order valence-electron chi connectivity index (χ4n) is 1.75. The van der Waals surface area contributed by atoms with Crippen molar-refractivity contribution in [2.75, 3.05) is 11.9 Å². The minimum Gasteiger partial charge on any atom is -0.384 e. The summed E-state index contributed by atoms with van der Waals surface area (Å²) in [6.45, 7) is 2.40. The van der Waals surface area contributed by atoms with Crippen molar-refractivity contribution in [3.63, 3.8) is 0 Å². The molecule has 0 radical (unpaired) electrons. The van der Waals surface area contributed by atoms with Gasteiger partial charge < -0.3 is 5.32 Å². The highest BCUT2D eigenvalue weighted by atomic mass is 19.4. The molecule has 102 valence electrons. The van der Waals surface area contributed by atoms with E-state index in [0.717, 1.165) is 18.6 Å². The van der Waals surface area contributed by atoms with Crippen LogP contribution >= 0.6 is 0 Å². The maximum Gasteiger partial charge on any atom is 0.433 e. The van der Waals surface area contributed by atoms with Crippen LogP contribution in [-0.2, 0) is 6.18 Å². The summed E-state index contributed by atoms with van der Waals surface area (Å²) in [7, 11) is 0. The van der Waals surface area contributed by atoms with Gasteiger partial charge in [-0.25, -0.2) is 9.37 Å². The van der Waals surface area contributed by atoms with Crippen molar-refractivity contribution in [3.8, 4) is 0 Å². The predicted molar refractivity (Wildman–Crippen MR) is 65.5 cm³/mol. The lowest BCUT2D eigenvalue weighted by molar-refractivity contribution is -0.140. The van der Waals surface area contributed by atoms with Crippen LogP contribution in [0.25, 0.3) is 10.9 Å². The summed E-state index contributed by atoms with van der Waals surface area (Å²) >= 11 is 0. The molecule has 2 rings (SSSR count). The summed E-state index contributed by atoms with van der Waals surface area (Å²) in [5, 5.41) is 3.22. The number of benzene rings is 1. The van der Waals surface area contributed by atoms with E-state index in [9.17, 15) is 17.6 Å². The summed E-state index contributed by atoms with van der Waals surface area (Å²) in [6.07, 6.45) is -3.77. The number of aromatic nitrogens is 1. The number of anilines is 1. The topological polar surface area (TPSA) is 24.9 Å². The zero-order valence-corrected chi connectivity index (χ0v) is 10.2. The molecule has 0 aliphatic rings. The third-order valence-electron chi connectivity index (χ3n) is 2.63. The first-order chi connectivity index (χ1) is 8.91. The van der Waals surface area contributed by atoms with Crippen LogP contribution in [0.3, 0.4) is 0 Å². The Labute approximate surface area is 107 Å². The van der Waals surface area contributed by atoms with E-state index in [1.165, 1.54) is 12.1 Å². The van der Waals surface area contributed by atoms with Crippen LogP contribution in [0.2, 0.25) is 0 Å². The first-order valence-electron chi connectivity index (χ1n) is 5.83. The number of alkyl halides is 3. The number of halogens is 4. The van der Waals surface area contributed by atoms with Crippen molar-refractivity contribution in [2.24, 2.45) is 0 Å². The summed E-state index contributed by atoms with van der Waals surface area (Å²) in [5.74, 6) is -0.506. The monoisotopic (exact) mass is 272 g/mol. The molecule has 6 heteroatoms. The Kier molecular flexibility index (Phi) is 3.59. The molecule has 2 aromatic rings. The Hall–Kier alpha value is -1.85. The van der Waals surface area contributed by atoms with Gasteiger partial charge in [0.25, 0.3) is 0 Å². The number of nitrogens with one attached hydrogen (secondary N) is 1. The summed E-state index contributed by atoms with van der Waals surface area (Å²) < 4.78 is 51.4. The highest BCUT2D eigenvalue weighted by Gasteiger charge is 2.33. The van der Waals surface area contributed by atoms with Gasteiger partial charge in [0.2, 0.25) is 0 Å². The Morgan fingerprint density at radius 3 is 2.58 bits per heavy atom. The van der Waals surface area contributed by atoms with E-state index < -0.39 is 17.7 Å².